The van der Waals surface area contributed by atoms with Crippen LogP contribution in [0.25, 0.3) is 0 Å². The highest BCUT2D eigenvalue weighted by molar-refractivity contribution is 7.99. The standard InChI is InChI=1S/C19H23NS/c1-19(2,3)18(14-9-5-4-6-10-14)20-16-13-21-17-12-8-7-11-15(16)17/h4-12,16,18,20H,13H2,1-3H3. The lowest BCUT2D eigenvalue weighted by molar-refractivity contribution is 0.255. The number of rotatable bonds is 3. The van der Waals surface area contributed by atoms with Crippen molar-refractivity contribution in [1.82, 2.24) is 5.32 Å². The molecule has 0 fully saturated rings. The van der Waals surface area contributed by atoms with Gasteiger partial charge in [-0.05, 0) is 22.6 Å². The van der Waals surface area contributed by atoms with Crippen LogP contribution in [0.2, 0.25) is 0 Å². The molecule has 2 aromatic carbocycles. The first kappa shape index (κ1) is 14.7. The van der Waals surface area contributed by atoms with Crippen LogP contribution in [0.4, 0.5) is 0 Å². The number of nitrogens with one attached hydrogen (secondary N) is 1. The monoisotopic (exact) mass is 297 g/mol. The van der Waals surface area contributed by atoms with Crippen molar-refractivity contribution in [2.24, 2.45) is 5.41 Å². The molecule has 21 heavy (non-hydrogen) atoms. The summed E-state index contributed by atoms with van der Waals surface area (Å²) in [6, 6.07) is 20.4. The van der Waals surface area contributed by atoms with Crippen LogP contribution >= 0.6 is 11.8 Å². The predicted octanol–water partition coefficient (Wildman–Crippen LogP) is 5.21. The molecule has 0 aliphatic carbocycles. The van der Waals surface area contributed by atoms with E-state index in [0.717, 1.165) is 5.75 Å². The maximum absolute atomic E-state index is 3.91. The van der Waals surface area contributed by atoms with Crippen molar-refractivity contribution >= 4 is 11.8 Å². The Bertz CT molecular complexity index is 600. The third-order valence-corrected chi connectivity index (χ3v) is 5.25. The van der Waals surface area contributed by atoms with Crippen LogP contribution in [0.1, 0.15) is 44.0 Å². The Labute approximate surface area is 132 Å². The van der Waals surface area contributed by atoms with Gasteiger partial charge in [0.25, 0.3) is 0 Å². The average molecular weight is 297 g/mol. The maximum atomic E-state index is 3.91. The first-order chi connectivity index (χ1) is 10.1. The van der Waals surface area contributed by atoms with Gasteiger partial charge in [0.2, 0.25) is 0 Å². The Morgan fingerprint density at radius 3 is 2.38 bits per heavy atom. The highest BCUT2D eigenvalue weighted by atomic mass is 32.2. The Morgan fingerprint density at radius 1 is 1.00 bits per heavy atom. The van der Waals surface area contributed by atoms with E-state index in [4.69, 9.17) is 0 Å². The van der Waals surface area contributed by atoms with Crippen molar-refractivity contribution in [3.63, 3.8) is 0 Å². The van der Waals surface area contributed by atoms with Crippen LogP contribution in [0.5, 0.6) is 0 Å². The molecule has 110 valence electrons. The molecule has 2 atom stereocenters. The summed E-state index contributed by atoms with van der Waals surface area (Å²) in [6.07, 6.45) is 0. The number of thioether (sulfide) groups is 1. The summed E-state index contributed by atoms with van der Waals surface area (Å²) in [4.78, 5) is 1.43. The van der Waals surface area contributed by atoms with Crippen LogP contribution in [0, 0.1) is 5.41 Å². The van der Waals surface area contributed by atoms with Crippen LogP contribution in [0.3, 0.4) is 0 Å². The summed E-state index contributed by atoms with van der Waals surface area (Å²) in [5.41, 5.74) is 3.01. The lowest BCUT2D eigenvalue weighted by Gasteiger charge is -2.34. The molecule has 0 saturated heterocycles. The zero-order valence-corrected chi connectivity index (χ0v) is 13.8. The second-order valence-electron chi connectivity index (χ2n) is 6.78. The summed E-state index contributed by atoms with van der Waals surface area (Å²) in [5, 5.41) is 3.91. The van der Waals surface area contributed by atoms with Crippen molar-refractivity contribution in [3.05, 3.63) is 65.7 Å². The van der Waals surface area contributed by atoms with Gasteiger partial charge in [0, 0.05) is 22.7 Å². The minimum Gasteiger partial charge on any atom is -0.302 e. The Morgan fingerprint density at radius 2 is 1.67 bits per heavy atom. The van der Waals surface area contributed by atoms with E-state index < -0.39 is 0 Å². The lowest BCUT2D eigenvalue weighted by atomic mass is 9.81. The molecule has 1 aliphatic rings. The zero-order chi connectivity index (χ0) is 14.9. The van der Waals surface area contributed by atoms with Crippen LogP contribution < -0.4 is 5.32 Å². The summed E-state index contributed by atoms with van der Waals surface area (Å²) in [7, 11) is 0. The molecule has 1 N–H and O–H groups in total. The van der Waals surface area contributed by atoms with Gasteiger partial charge in [0.05, 0.1) is 0 Å². The Kier molecular flexibility index (Phi) is 4.10. The summed E-state index contributed by atoms with van der Waals surface area (Å²) >= 11 is 1.96. The molecule has 0 spiro atoms. The lowest BCUT2D eigenvalue weighted by Crippen LogP contribution is -2.35. The van der Waals surface area contributed by atoms with E-state index in [2.05, 4.69) is 80.7 Å². The average Bonchev–Trinajstić information content (AvgIpc) is 2.88. The number of hydrogen-bond acceptors (Lipinski definition) is 2. The molecule has 0 bridgehead atoms. The van der Waals surface area contributed by atoms with Gasteiger partial charge < -0.3 is 5.32 Å². The largest absolute Gasteiger partial charge is 0.302 e. The highest BCUT2D eigenvalue weighted by Crippen LogP contribution is 2.41. The first-order valence-electron chi connectivity index (χ1n) is 7.58. The van der Waals surface area contributed by atoms with E-state index in [1.165, 1.54) is 16.0 Å². The van der Waals surface area contributed by atoms with Crippen molar-refractivity contribution in [2.45, 2.75) is 37.8 Å². The molecule has 0 amide bonds. The van der Waals surface area contributed by atoms with Crippen molar-refractivity contribution in [3.8, 4) is 0 Å². The van der Waals surface area contributed by atoms with Gasteiger partial charge in [-0.3, -0.25) is 0 Å². The smallest absolute Gasteiger partial charge is 0.0431 e. The molecule has 0 aromatic heterocycles. The van der Waals surface area contributed by atoms with E-state index in [9.17, 15) is 0 Å². The second-order valence-corrected chi connectivity index (χ2v) is 7.84. The summed E-state index contributed by atoms with van der Waals surface area (Å²) < 4.78 is 0. The predicted molar refractivity (Wildman–Crippen MR) is 91.7 cm³/mol. The fourth-order valence-corrected chi connectivity index (χ4v) is 4.17. The summed E-state index contributed by atoms with van der Waals surface area (Å²) in [6.45, 7) is 6.93. The Hall–Kier alpha value is -1.25. The highest BCUT2D eigenvalue weighted by Gasteiger charge is 2.31. The number of fused-ring (bicyclic) bond motifs is 1. The minimum atomic E-state index is 0.184. The molecular weight excluding hydrogens is 274 g/mol. The summed E-state index contributed by atoms with van der Waals surface area (Å²) in [5.74, 6) is 1.12. The minimum absolute atomic E-state index is 0.184. The molecule has 3 rings (SSSR count). The molecule has 2 aromatic rings. The fourth-order valence-electron chi connectivity index (χ4n) is 2.99. The van der Waals surface area contributed by atoms with Gasteiger partial charge in [-0.25, -0.2) is 0 Å². The topological polar surface area (TPSA) is 12.0 Å². The molecule has 1 heterocycles. The van der Waals surface area contributed by atoms with E-state index >= 15 is 0 Å². The molecule has 1 nitrogen and oxygen atoms in total. The van der Waals surface area contributed by atoms with Crippen molar-refractivity contribution in [1.29, 1.82) is 0 Å². The van der Waals surface area contributed by atoms with Crippen molar-refractivity contribution in [2.75, 3.05) is 5.75 Å². The fraction of sp³-hybridized carbons (Fsp3) is 0.368. The quantitative estimate of drug-likeness (QED) is 0.834. The maximum Gasteiger partial charge on any atom is 0.0431 e. The molecule has 0 saturated carbocycles. The third kappa shape index (κ3) is 3.17. The second kappa shape index (κ2) is 5.86. The van der Waals surface area contributed by atoms with Crippen LogP contribution in [0.15, 0.2) is 59.5 Å². The molecule has 1 aliphatic heterocycles. The van der Waals surface area contributed by atoms with Gasteiger partial charge in [0.1, 0.15) is 0 Å². The van der Waals surface area contributed by atoms with Crippen LogP contribution in [-0.4, -0.2) is 5.75 Å². The number of benzene rings is 2. The van der Waals surface area contributed by atoms with Gasteiger partial charge in [-0.1, -0.05) is 69.3 Å². The molecular formula is C19H23NS. The zero-order valence-electron chi connectivity index (χ0n) is 13.0. The third-order valence-electron chi connectivity index (χ3n) is 4.07. The van der Waals surface area contributed by atoms with Crippen LogP contribution in [-0.2, 0) is 0 Å². The van der Waals surface area contributed by atoms with Gasteiger partial charge >= 0.3 is 0 Å². The van der Waals surface area contributed by atoms with E-state index in [0.29, 0.717) is 12.1 Å². The molecule has 0 radical (unpaired) electrons. The van der Waals surface area contributed by atoms with Crippen molar-refractivity contribution < 1.29 is 0 Å². The van der Waals surface area contributed by atoms with Gasteiger partial charge in [-0.15, -0.1) is 11.8 Å². The molecule has 2 heteroatoms. The SMILES string of the molecule is CC(C)(C)C(NC1CSc2ccccc21)c1ccccc1. The van der Waals surface area contributed by atoms with Gasteiger partial charge in [-0.2, -0.15) is 0 Å². The van der Waals surface area contributed by atoms with E-state index in [1.54, 1.807) is 0 Å². The first-order valence-corrected chi connectivity index (χ1v) is 8.57. The van der Waals surface area contributed by atoms with Gasteiger partial charge in [0.15, 0.2) is 0 Å². The van der Waals surface area contributed by atoms with E-state index in [-0.39, 0.29) is 5.41 Å². The number of hydrogen-bond donors (Lipinski definition) is 1. The van der Waals surface area contributed by atoms with E-state index in [1.807, 2.05) is 11.8 Å². The Balaban J connectivity index is 1.87. The normalized spacial score (nSPS) is 19.3. The molecule has 2 unspecified atom stereocenters.